The van der Waals surface area contributed by atoms with Crippen molar-refractivity contribution < 1.29 is 9.59 Å². The van der Waals surface area contributed by atoms with Crippen molar-refractivity contribution in [3.8, 4) is 0 Å². The highest BCUT2D eigenvalue weighted by molar-refractivity contribution is 6.36. The fourth-order valence-electron chi connectivity index (χ4n) is 2.88. The maximum atomic E-state index is 12.0. The maximum absolute atomic E-state index is 12.0. The predicted octanol–water partition coefficient (Wildman–Crippen LogP) is 3.81. The first-order valence-corrected chi connectivity index (χ1v) is 8.82. The molecule has 1 fully saturated rings. The van der Waals surface area contributed by atoms with Crippen molar-refractivity contribution in [1.82, 2.24) is 10.6 Å². The summed E-state index contributed by atoms with van der Waals surface area (Å²) in [6, 6.07) is 4.63. The van der Waals surface area contributed by atoms with Crippen LogP contribution in [0.3, 0.4) is 0 Å². The molecule has 6 heteroatoms. The number of carbonyl (C=O) groups is 2. The second-order valence-electron chi connectivity index (χ2n) is 5.95. The molecule has 23 heavy (non-hydrogen) atoms. The fourth-order valence-corrected chi connectivity index (χ4v) is 3.38. The highest BCUT2D eigenvalue weighted by Gasteiger charge is 2.14. The second-order valence-corrected chi connectivity index (χ2v) is 6.79. The van der Waals surface area contributed by atoms with Gasteiger partial charge in [-0.25, -0.2) is 0 Å². The van der Waals surface area contributed by atoms with Crippen molar-refractivity contribution >= 4 is 35.0 Å². The van der Waals surface area contributed by atoms with Crippen molar-refractivity contribution in [2.24, 2.45) is 5.92 Å². The Labute approximate surface area is 146 Å². The number of hydrogen-bond donors (Lipinski definition) is 2. The van der Waals surface area contributed by atoms with Crippen LogP contribution in [0.25, 0.3) is 0 Å². The SMILES string of the molecule is O=C(CNC(=O)c1ccc(Cl)cc1Cl)NCCC1CCCCC1. The van der Waals surface area contributed by atoms with E-state index in [2.05, 4.69) is 10.6 Å². The Morgan fingerprint density at radius 1 is 1.09 bits per heavy atom. The van der Waals surface area contributed by atoms with Crippen LogP contribution in [-0.4, -0.2) is 24.9 Å². The fraction of sp³-hybridized carbons (Fsp3) is 0.529. The summed E-state index contributed by atoms with van der Waals surface area (Å²) in [5.74, 6) is 0.167. The molecule has 1 aromatic rings. The van der Waals surface area contributed by atoms with Gasteiger partial charge in [0, 0.05) is 11.6 Å². The van der Waals surface area contributed by atoms with Crippen molar-refractivity contribution in [3.05, 3.63) is 33.8 Å². The molecule has 1 aromatic carbocycles. The molecule has 1 aliphatic carbocycles. The van der Waals surface area contributed by atoms with Crippen molar-refractivity contribution in [3.63, 3.8) is 0 Å². The molecule has 2 rings (SSSR count). The van der Waals surface area contributed by atoms with E-state index in [4.69, 9.17) is 23.2 Å². The lowest BCUT2D eigenvalue weighted by atomic mass is 9.87. The normalized spacial score (nSPS) is 15.2. The summed E-state index contributed by atoms with van der Waals surface area (Å²) in [6.45, 7) is 0.615. The van der Waals surface area contributed by atoms with E-state index in [1.165, 1.54) is 38.2 Å². The van der Waals surface area contributed by atoms with Crippen LogP contribution in [0.5, 0.6) is 0 Å². The van der Waals surface area contributed by atoms with Crippen LogP contribution in [-0.2, 0) is 4.79 Å². The molecular formula is C17H22Cl2N2O2. The van der Waals surface area contributed by atoms with Gasteiger partial charge >= 0.3 is 0 Å². The zero-order valence-corrected chi connectivity index (χ0v) is 14.6. The zero-order valence-electron chi connectivity index (χ0n) is 13.0. The molecule has 0 aromatic heterocycles. The van der Waals surface area contributed by atoms with Crippen LogP contribution in [0.4, 0.5) is 0 Å². The van der Waals surface area contributed by atoms with Crippen molar-refractivity contribution in [2.75, 3.05) is 13.1 Å². The molecular weight excluding hydrogens is 335 g/mol. The van der Waals surface area contributed by atoms with E-state index >= 15 is 0 Å². The topological polar surface area (TPSA) is 58.2 Å². The monoisotopic (exact) mass is 356 g/mol. The van der Waals surface area contributed by atoms with E-state index in [1.807, 2.05) is 0 Å². The van der Waals surface area contributed by atoms with Crippen LogP contribution < -0.4 is 10.6 Å². The van der Waals surface area contributed by atoms with Gasteiger partial charge in [-0.2, -0.15) is 0 Å². The summed E-state index contributed by atoms with van der Waals surface area (Å²) in [7, 11) is 0. The Bertz CT molecular complexity index is 558. The third kappa shape index (κ3) is 6.04. The van der Waals surface area contributed by atoms with E-state index in [-0.39, 0.29) is 23.4 Å². The summed E-state index contributed by atoms with van der Waals surface area (Å²) in [5.41, 5.74) is 0.311. The van der Waals surface area contributed by atoms with E-state index in [1.54, 1.807) is 12.1 Å². The Morgan fingerprint density at radius 3 is 2.52 bits per heavy atom. The molecule has 126 valence electrons. The van der Waals surface area contributed by atoms with E-state index < -0.39 is 0 Å². The summed E-state index contributed by atoms with van der Waals surface area (Å²) in [4.78, 5) is 23.8. The van der Waals surface area contributed by atoms with Crippen LogP contribution >= 0.6 is 23.2 Å². The highest BCUT2D eigenvalue weighted by Crippen LogP contribution is 2.25. The lowest BCUT2D eigenvalue weighted by Gasteiger charge is -2.21. The van der Waals surface area contributed by atoms with Gasteiger partial charge in [0.15, 0.2) is 0 Å². The Balaban J connectivity index is 1.68. The minimum Gasteiger partial charge on any atom is -0.355 e. The van der Waals surface area contributed by atoms with Crippen LogP contribution in [0.15, 0.2) is 18.2 Å². The Hall–Kier alpha value is -1.26. The predicted molar refractivity (Wildman–Crippen MR) is 93.0 cm³/mol. The Kier molecular flexibility index (Phi) is 7.18. The van der Waals surface area contributed by atoms with Gasteiger partial charge in [0.2, 0.25) is 5.91 Å². The van der Waals surface area contributed by atoms with E-state index in [0.717, 1.165) is 12.3 Å². The summed E-state index contributed by atoms with van der Waals surface area (Å²) < 4.78 is 0. The summed E-state index contributed by atoms with van der Waals surface area (Å²) >= 11 is 11.8. The highest BCUT2D eigenvalue weighted by atomic mass is 35.5. The molecule has 1 aliphatic rings. The van der Waals surface area contributed by atoms with Gasteiger partial charge in [-0.15, -0.1) is 0 Å². The number of rotatable bonds is 6. The molecule has 0 spiro atoms. The molecule has 1 saturated carbocycles. The van der Waals surface area contributed by atoms with Crippen molar-refractivity contribution in [1.29, 1.82) is 0 Å². The number of carbonyl (C=O) groups excluding carboxylic acids is 2. The zero-order chi connectivity index (χ0) is 16.7. The van der Waals surface area contributed by atoms with Gasteiger partial charge in [0.25, 0.3) is 5.91 Å². The molecule has 2 N–H and O–H groups in total. The third-order valence-corrected chi connectivity index (χ3v) is 4.73. The lowest BCUT2D eigenvalue weighted by molar-refractivity contribution is -0.120. The lowest BCUT2D eigenvalue weighted by Crippen LogP contribution is -2.37. The molecule has 0 aliphatic heterocycles. The molecule has 0 radical (unpaired) electrons. The van der Waals surface area contributed by atoms with Gasteiger partial charge in [-0.05, 0) is 30.5 Å². The summed E-state index contributed by atoms with van der Waals surface area (Å²) in [6.07, 6.45) is 7.49. The van der Waals surface area contributed by atoms with Gasteiger partial charge in [-0.1, -0.05) is 55.3 Å². The van der Waals surface area contributed by atoms with Gasteiger partial charge in [0.1, 0.15) is 0 Å². The Morgan fingerprint density at radius 2 is 1.83 bits per heavy atom. The average Bonchev–Trinajstić information content (AvgIpc) is 2.53. The van der Waals surface area contributed by atoms with Gasteiger partial charge in [0.05, 0.1) is 17.1 Å². The molecule has 2 amide bonds. The number of hydrogen-bond acceptors (Lipinski definition) is 2. The number of benzene rings is 1. The first-order chi connectivity index (χ1) is 11.1. The third-order valence-electron chi connectivity index (χ3n) is 4.18. The average molecular weight is 357 g/mol. The molecule has 0 bridgehead atoms. The number of nitrogens with one attached hydrogen (secondary N) is 2. The number of halogens is 2. The van der Waals surface area contributed by atoms with E-state index in [9.17, 15) is 9.59 Å². The standard InChI is InChI=1S/C17H22Cl2N2O2/c18-13-6-7-14(15(19)10-13)17(23)21-11-16(22)20-9-8-12-4-2-1-3-5-12/h6-7,10,12H,1-5,8-9,11H2,(H,20,22)(H,21,23). The van der Waals surface area contributed by atoms with Crippen LogP contribution in [0.2, 0.25) is 10.0 Å². The molecule has 0 heterocycles. The maximum Gasteiger partial charge on any atom is 0.253 e. The van der Waals surface area contributed by atoms with Gasteiger partial charge < -0.3 is 10.6 Å². The molecule has 0 unspecified atom stereocenters. The quantitative estimate of drug-likeness (QED) is 0.813. The van der Waals surface area contributed by atoms with Gasteiger partial charge in [-0.3, -0.25) is 9.59 Å². The minimum absolute atomic E-state index is 0.0531. The van der Waals surface area contributed by atoms with Crippen molar-refractivity contribution in [2.45, 2.75) is 38.5 Å². The number of amides is 2. The molecule has 0 atom stereocenters. The first kappa shape index (κ1) is 18.1. The van der Waals surface area contributed by atoms with Crippen LogP contribution in [0, 0.1) is 5.92 Å². The first-order valence-electron chi connectivity index (χ1n) is 8.06. The largest absolute Gasteiger partial charge is 0.355 e. The minimum atomic E-state index is -0.380. The van der Waals surface area contributed by atoms with Crippen LogP contribution in [0.1, 0.15) is 48.9 Å². The molecule has 4 nitrogen and oxygen atoms in total. The van der Waals surface area contributed by atoms with E-state index in [0.29, 0.717) is 17.1 Å². The second kappa shape index (κ2) is 9.14. The smallest absolute Gasteiger partial charge is 0.253 e. The summed E-state index contributed by atoms with van der Waals surface area (Å²) in [5, 5.41) is 6.16. The molecule has 0 saturated heterocycles.